The summed E-state index contributed by atoms with van der Waals surface area (Å²) in [5, 5.41) is 11.1. The zero-order chi connectivity index (χ0) is 11.5. The zero-order valence-electron chi connectivity index (χ0n) is 8.50. The van der Waals surface area contributed by atoms with Gasteiger partial charge in [-0.1, -0.05) is 22.8 Å². The molecule has 0 aliphatic heterocycles. The van der Waals surface area contributed by atoms with Crippen LogP contribution in [-0.2, 0) is 5.88 Å². The van der Waals surface area contributed by atoms with E-state index in [2.05, 4.69) is 15.5 Å². The second kappa shape index (κ2) is 4.72. The molecule has 16 heavy (non-hydrogen) atoms. The van der Waals surface area contributed by atoms with E-state index >= 15 is 0 Å². The second-order valence-corrected chi connectivity index (χ2v) is 3.90. The van der Waals surface area contributed by atoms with Gasteiger partial charge in [0.1, 0.15) is 5.88 Å². The van der Waals surface area contributed by atoms with Crippen molar-refractivity contribution >= 4 is 34.9 Å². The number of anilines is 2. The quantitative estimate of drug-likeness (QED) is 0.856. The van der Waals surface area contributed by atoms with Crippen LogP contribution in [0, 0.1) is 6.92 Å². The molecule has 0 aliphatic rings. The molecule has 2 rings (SSSR count). The third-order valence-electron chi connectivity index (χ3n) is 2.00. The summed E-state index contributed by atoms with van der Waals surface area (Å²) >= 11 is 11.5. The van der Waals surface area contributed by atoms with Gasteiger partial charge in [-0.25, -0.2) is 0 Å². The molecule has 0 spiro atoms. The number of hydrogen-bond acceptors (Lipinski definition) is 4. The number of hydrogen-bond donors (Lipinski definition) is 1. The third kappa shape index (κ3) is 2.46. The van der Waals surface area contributed by atoms with Crippen molar-refractivity contribution in [2.45, 2.75) is 12.8 Å². The zero-order valence-corrected chi connectivity index (χ0v) is 10.0. The van der Waals surface area contributed by atoms with Gasteiger partial charge >= 0.3 is 6.01 Å². The molecule has 4 nitrogen and oxygen atoms in total. The molecule has 6 heteroatoms. The summed E-state index contributed by atoms with van der Waals surface area (Å²) in [4.78, 5) is 0. The van der Waals surface area contributed by atoms with Crippen LogP contribution in [0.1, 0.15) is 11.5 Å². The molecule has 0 unspecified atom stereocenters. The topological polar surface area (TPSA) is 51.0 Å². The Balaban J connectivity index is 2.17. The Morgan fingerprint density at radius 1 is 1.38 bits per heavy atom. The Morgan fingerprint density at radius 2 is 2.19 bits per heavy atom. The van der Waals surface area contributed by atoms with Gasteiger partial charge in [-0.05, 0) is 24.6 Å². The first-order chi connectivity index (χ1) is 7.69. The number of alkyl halides is 1. The molecule has 0 saturated heterocycles. The van der Waals surface area contributed by atoms with E-state index in [9.17, 15) is 0 Å². The summed E-state index contributed by atoms with van der Waals surface area (Å²) < 4.78 is 5.20. The van der Waals surface area contributed by atoms with Gasteiger partial charge in [-0.15, -0.1) is 16.7 Å². The lowest BCUT2D eigenvalue weighted by Gasteiger charge is -2.03. The summed E-state index contributed by atoms with van der Waals surface area (Å²) in [7, 11) is 0. The van der Waals surface area contributed by atoms with E-state index in [4.69, 9.17) is 27.6 Å². The average molecular weight is 258 g/mol. The number of halogens is 2. The third-order valence-corrected chi connectivity index (χ3v) is 2.64. The predicted octanol–water partition coefficient (Wildman–Crippen LogP) is 3.51. The minimum absolute atomic E-state index is 0.198. The maximum atomic E-state index is 5.98. The summed E-state index contributed by atoms with van der Waals surface area (Å²) in [5.41, 5.74) is 1.81. The van der Waals surface area contributed by atoms with E-state index in [0.717, 1.165) is 11.3 Å². The minimum atomic E-state index is 0.198. The molecule has 1 N–H and O–H groups in total. The van der Waals surface area contributed by atoms with Crippen molar-refractivity contribution in [3.05, 3.63) is 34.7 Å². The lowest BCUT2D eigenvalue weighted by Crippen LogP contribution is -1.90. The van der Waals surface area contributed by atoms with E-state index in [1.54, 1.807) is 6.07 Å². The van der Waals surface area contributed by atoms with Crippen molar-refractivity contribution in [1.82, 2.24) is 10.2 Å². The van der Waals surface area contributed by atoms with Gasteiger partial charge in [0.05, 0.1) is 0 Å². The van der Waals surface area contributed by atoms with Crippen LogP contribution in [0.25, 0.3) is 0 Å². The number of nitrogens with one attached hydrogen (secondary N) is 1. The van der Waals surface area contributed by atoms with Crippen molar-refractivity contribution in [3.63, 3.8) is 0 Å². The molecular weight excluding hydrogens is 249 g/mol. The molecule has 0 bridgehead atoms. The monoisotopic (exact) mass is 257 g/mol. The summed E-state index contributed by atoms with van der Waals surface area (Å²) in [6, 6.07) is 5.88. The average Bonchev–Trinajstić information content (AvgIpc) is 2.71. The maximum Gasteiger partial charge on any atom is 0.320 e. The normalized spacial score (nSPS) is 10.4. The molecule has 84 valence electrons. The van der Waals surface area contributed by atoms with Crippen LogP contribution in [0.3, 0.4) is 0 Å². The van der Waals surface area contributed by atoms with Crippen molar-refractivity contribution in [3.8, 4) is 0 Å². The lowest BCUT2D eigenvalue weighted by atomic mass is 10.2. The molecule has 1 aromatic heterocycles. The lowest BCUT2D eigenvalue weighted by molar-refractivity contribution is 0.530. The Morgan fingerprint density at radius 3 is 2.81 bits per heavy atom. The standard InChI is InChI=1S/C10H9Cl2N3O/c1-6-2-3-7(4-8(6)12)13-10-15-14-9(5-11)16-10/h2-4H,5H2,1H3,(H,13,15). The van der Waals surface area contributed by atoms with E-state index < -0.39 is 0 Å². The van der Waals surface area contributed by atoms with Gasteiger partial charge in [0.15, 0.2) is 0 Å². The largest absolute Gasteiger partial charge is 0.407 e. The molecule has 1 aromatic carbocycles. The Hall–Kier alpha value is -1.26. The molecular formula is C10H9Cl2N3O. The van der Waals surface area contributed by atoms with Crippen molar-refractivity contribution in [1.29, 1.82) is 0 Å². The van der Waals surface area contributed by atoms with Crippen LogP contribution < -0.4 is 5.32 Å². The molecule has 0 amide bonds. The van der Waals surface area contributed by atoms with Crippen LogP contribution in [-0.4, -0.2) is 10.2 Å². The van der Waals surface area contributed by atoms with Crippen LogP contribution in [0.5, 0.6) is 0 Å². The summed E-state index contributed by atoms with van der Waals surface area (Å²) in [6.45, 7) is 1.93. The number of nitrogens with zero attached hydrogens (tertiary/aromatic N) is 2. The minimum Gasteiger partial charge on any atom is -0.407 e. The molecule has 0 saturated carbocycles. The van der Waals surface area contributed by atoms with E-state index in [1.165, 1.54) is 0 Å². The van der Waals surface area contributed by atoms with Gasteiger partial charge in [-0.3, -0.25) is 0 Å². The number of aryl methyl sites for hydroxylation is 1. The van der Waals surface area contributed by atoms with Gasteiger partial charge in [0.25, 0.3) is 0 Å². The van der Waals surface area contributed by atoms with Crippen LogP contribution in [0.4, 0.5) is 11.7 Å². The van der Waals surface area contributed by atoms with Crippen LogP contribution in [0.2, 0.25) is 5.02 Å². The SMILES string of the molecule is Cc1ccc(Nc2nnc(CCl)o2)cc1Cl. The van der Waals surface area contributed by atoms with Gasteiger partial charge in [-0.2, -0.15) is 0 Å². The van der Waals surface area contributed by atoms with Gasteiger partial charge in [0.2, 0.25) is 5.89 Å². The van der Waals surface area contributed by atoms with Crippen LogP contribution >= 0.6 is 23.2 Å². The fourth-order valence-corrected chi connectivity index (χ4v) is 1.44. The van der Waals surface area contributed by atoms with Crippen molar-refractivity contribution in [2.75, 3.05) is 5.32 Å². The number of rotatable bonds is 3. The van der Waals surface area contributed by atoms with E-state index in [0.29, 0.717) is 16.9 Å². The molecule has 1 heterocycles. The highest BCUT2D eigenvalue weighted by Crippen LogP contribution is 2.22. The van der Waals surface area contributed by atoms with Crippen molar-refractivity contribution in [2.24, 2.45) is 0 Å². The first-order valence-corrected chi connectivity index (χ1v) is 5.52. The highest BCUT2D eigenvalue weighted by molar-refractivity contribution is 6.31. The fourth-order valence-electron chi connectivity index (χ4n) is 1.15. The molecule has 0 aliphatic carbocycles. The molecule has 0 radical (unpaired) electrons. The first kappa shape index (κ1) is 11.2. The van der Waals surface area contributed by atoms with Gasteiger partial charge < -0.3 is 9.73 Å². The highest BCUT2D eigenvalue weighted by Gasteiger charge is 2.05. The number of benzene rings is 1. The number of aromatic nitrogens is 2. The second-order valence-electron chi connectivity index (χ2n) is 3.22. The Labute approximate surface area is 103 Å². The Bertz CT molecular complexity index is 499. The van der Waals surface area contributed by atoms with Gasteiger partial charge in [0, 0.05) is 10.7 Å². The van der Waals surface area contributed by atoms with E-state index in [1.807, 2.05) is 19.1 Å². The summed E-state index contributed by atoms with van der Waals surface area (Å²) in [5.74, 6) is 0.575. The fraction of sp³-hybridized carbons (Fsp3) is 0.200. The molecule has 2 aromatic rings. The molecule has 0 fully saturated rings. The molecule has 0 atom stereocenters. The van der Waals surface area contributed by atoms with Crippen LogP contribution in [0.15, 0.2) is 22.6 Å². The maximum absolute atomic E-state index is 5.98. The Kier molecular flexibility index (Phi) is 3.31. The first-order valence-electron chi connectivity index (χ1n) is 4.60. The smallest absolute Gasteiger partial charge is 0.320 e. The summed E-state index contributed by atoms with van der Waals surface area (Å²) in [6.07, 6.45) is 0. The highest BCUT2D eigenvalue weighted by atomic mass is 35.5. The van der Waals surface area contributed by atoms with Crippen molar-refractivity contribution < 1.29 is 4.42 Å². The van der Waals surface area contributed by atoms with E-state index in [-0.39, 0.29) is 5.88 Å². The predicted molar refractivity (Wildman–Crippen MR) is 63.3 cm³/mol.